The molecule has 1 heterocycles. The van der Waals surface area contributed by atoms with Gasteiger partial charge in [0.05, 0.1) is 24.2 Å². The van der Waals surface area contributed by atoms with Crippen LogP contribution in [0.5, 0.6) is 5.75 Å². The summed E-state index contributed by atoms with van der Waals surface area (Å²) in [6.07, 6.45) is 0. The van der Waals surface area contributed by atoms with Crippen LogP contribution in [0.1, 0.15) is 18.1 Å². The molecule has 1 N–H and O–H groups in total. The molecule has 8 heteroatoms. The highest BCUT2D eigenvalue weighted by Crippen LogP contribution is 2.32. The third-order valence-corrected chi connectivity index (χ3v) is 5.71. The Labute approximate surface area is 201 Å². The van der Waals surface area contributed by atoms with Gasteiger partial charge in [-0.15, -0.1) is 0 Å². The van der Waals surface area contributed by atoms with E-state index in [1.807, 2.05) is 30.3 Å². The second-order valence-electron chi connectivity index (χ2n) is 7.50. The van der Waals surface area contributed by atoms with Gasteiger partial charge in [-0.2, -0.15) is 0 Å². The third-order valence-electron chi connectivity index (χ3n) is 5.24. The molecular weight excluding hydrogens is 461 g/mol. The third kappa shape index (κ3) is 4.87. The summed E-state index contributed by atoms with van der Waals surface area (Å²) in [4.78, 5) is 32.4. The molecule has 6 nitrogen and oxygen atoms in total. The summed E-state index contributed by atoms with van der Waals surface area (Å²) in [5.41, 5.74) is 3.16. The lowest BCUT2D eigenvalue weighted by Gasteiger charge is -2.24. The van der Waals surface area contributed by atoms with Crippen molar-refractivity contribution in [3.05, 3.63) is 87.9 Å². The number of aliphatic imine (C=N–C) groups is 1. The maximum absolute atomic E-state index is 13.3. The standard InChI is InChI=1S/C25H21Cl2N3O3/c1-15-25(32)30(14-23(31)29-20-13-18(27)9-11-22(20)33-2)21-10-8-17(26)12-19(21)24(28-15)16-6-4-3-5-7-16/h3-13,15H,14H2,1-2H3,(H,29,31). The van der Waals surface area contributed by atoms with Crippen molar-refractivity contribution < 1.29 is 14.3 Å². The van der Waals surface area contributed by atoms with Gasteiger partial charge in [0.15, 0.2) is 0 Å². The van der Waals surface area contributed by atoms with Crippen molar-refractivity contribution in [1.29, 1.82) is 0 Å². The van der Waals surface area contributed by atoms with Crippen LogP contribution in [0.4, 0.5) is 11.4 Å². The lowest BCUT2D eigenvalue weighted by molar-refractivity contribution is -0.122. The average molecular weight is 482 g/mol. The minimum Gasteiger partial charge on any atom is -0.495 e. The van der Waals surface area contributed by atoms with Gasteiger partial charge in [0.25, 0.3) is 5.91 Å². The number of ether oxygens (including phenoxy) is 1. The van der Waals surface area contributed by atoms with E-state index in [-0.39, 0.29) is 12.5 Å². The lowest BCUT2D eigenvalue weighted by atomic mass is 10.00. The van der Waals surface area contributed by atoms with Crippen LogP contribution in [0, 0.1) is 0 Å². The van der Waals surface area contributed by atoms with Crippen molar-refractivity contribution >= 4 is 52.1 Å². The van der Waals surface area contributed by atoms with Crippen LogP contribution >= 0.6 is 23.2 Å². The molecule has 1 atom stereocenters. The number of amides is 2. The van der Waals surface area contributed by atoms with E-state index in [0.717, 1.165) is 5.56 Å². The Morgan fingerprint density at radius 2 is 1.76 bits per heavy atom. The molecule has 1 aliphatic rings. The highest BCUT2D eigenvalue weighted by Gasteiger charge is 2.31. The summed E-state index contributed by atoms with van der Waals surface area (Å²) in [5, 5.41) is 3.74. The molecule has 0 saturated heterocycles. The van der Waals surface area contributed by atoms with Crippen LogP contribution in [-0.4, -0.2) is 37.2 Å². The summed E-state index contributed by atoms with van der Waals surface area (Å²) >= 11 is 12.4. The SMILES string of the molecule is COc1ccc(Cl)cc1NC(=O)CN1C(=O)C(C)N=C(c2ccccc2)c2cc(Cl)ccc21. The van der Waals surface area contributed by atoms with Gasteiger partial charge in [-0.1, -0.05) is 53.5 Å². The van der Waals surface area contributed by atoms with E-state index in [4.69, 9.17) is 27.9 Å². The number of fused-ring (bicyclic) bond motifs is 1. The van der Waals surface area contributed by atoms with Gasteiger partial charge in [-0.05, 0) is 43.3 Å². The molecule has 2 amide bonds. The molecule has 0 aromatic heterocycles. The Hall–Kier alpha value is -3.35. The zero-order chi connectivity index (χ0) is 23.5. The van der Waals surface area contributed by atoms with Crippen LogP contribution in [0.25, 0.3) is 0 Å². The highest BCUT2D eigenvalue weighted by atomic mass is 35.5. The number of nitrogens with zero attached hydrogens (tertiary/aromatic N) is 2. The molecule has 3 aromatic carbocycles. The Balaban J connectivity index is 1.71. The highest BCUT2D eigenvalue weighted by molar-refractivity contribution is 6.32. The summed E-state index contributed by atoms with van der Waals surface area (Å²) in [6.45, 7) is 1.49. The summed E-state index contributed by atoms with van der Waals surface area (Å²) in [5.74, 6) is -0.233. The Morgan fingerprint density at radius 1 is 1.06 bits per heavy atom. The van der Waals surface area contributed by atoms with Crippen molar-refractivity contribution in [3.8, 4) is 5.75 Å². The minimum absolute atomic E-state index is 0.217. The first kappa shape index (κ1) is 22.8. The number of anilines is 2. The van der Waals surface area contributed by atoms with Crippen LogP contribution in [0.2, 0.25) is 10.0 Å². The molecule has 168 valence electrons. The number of hydrogen-bond acceptors (Lipinski definition) is 4. The number of methoxy groups -OCH3 is 1. The normalized spacial score (nSPS) is 15.4. The molecule has 33 heavy (non-hydrogen) atoms. The number of carbonyl (C=O) groups is 2. The number of halogens is 2. The van der Waals surface area contributed by atoms with Gasteiger partial charge in [0.2, 0.25) is 5.91 Å². The average Bonchev–Trinajstić information content (AvgIpc) is 2.90. The largest absolute Gasteiger partial charge is 0.495 e. The van der Waals surface area contributed by atoms with Crippen molar-refractivity contribution in [3.63, 3.8) is 0 Å². The number of benzene rings is 3. The monoisotopic (exact) mass is 481 g/mol. The number of nitrogens with one attached hydrogen (secondary N) is 1. The molecule has 0 radical (unpaired) electrons. The molecule has 0 aliphatic carbocycles. The zero-order valence-electron chi connectivity index (χ0n) is 18.0. The maximum atomic E-state index is 13.3. The number of benzodiazepines with no additional fused rings is 1. The van der Waals surface area contributed by atoms with E-state index in [1.165, 1.54) is 12.0 Å². The molecule has 3 aromatic rings. The summed E-state index contributed by atoms with van der Waals surface area (Å²) in [6, 6.07) is 19.0. The number of hydrogen-bond donors (Lipinski definition) is 1. The molecule has 4 rings (SSSR count). The van der Waals surface area contributed by atoms with Crippen molar-refractivity contribution in [2.75, 3.05) is 23.9 Å². The molecule has 0 fully saturated rings. The van der Waals surface area contributed by atoms with Crippen molar-refractivity contribution in [2.45, 2.75) is 13.0 Å². The van der Waals surface area contributed by atoms with Crippen LogP contribution in [0.15, 0.2) is 71.7 Å². The first-order valence-corrected chi connectivity index (χ1v) is 11.0. The summed E-state index contributed by atoms with van der Waals surface area (Å²) < 4.78 is 5.29. The van der Waals surface area contributed by atoms with Gasteiger partial charge in [-0.3, -0.25) is 14.6 Å². The Bertz CT molecular complexity index is 1240. The topological polar surface area (TPSA) is 71.0 Å². The van der Waals surface area contributed by atoms with E-state index in [1.54, 1.807) is 43.3 Å². The van der Waals surface area contributed by atoms with Gasteiger partial charge < -0.3 is 15.0 Å². The van der Waals surface area contributed by atoms with E-state index in [9.17, 15) is 9.59 Å². The molecule has 0 bridgehead atoms. The smallest absolute Gasteiger partial charge is 0.252 e. The van der Waals surface area contributed by atoms with Crippen molar-refractivity contribution in [2.24, 2.45) is 4.99 Å². The van der Waals surface area contributed by atoms with Gasteiger partial charge in [-0.25, -0.2) is 0 Å². The first-order chi connectivity index (χ1) is 15.9. The summed E-state index contributed by atoms with van der Waals surface area (Å²) in [7, 11) is 1.50. The van der Waals surface area contributed by atoms with E-state index in [0.29, 0.717) is 38.4 Å². The first-order valence-electron chi connectivity index (χ1n) is 10.3. The quantitative estimate of drug-likeness (QED) is 0.543. The molecule has 1 aliphatic heterocycles. The van der Waals surface area contributed by atoms with E-state index >= 15 is 0 Å². The van der Waals surface area contributed by atoms with Gasteiger partial charge >= 0.3 is 0 Å². The number of rotatable bonds is 5. The van der Waals surface area contributed by atoms with Crippen LogP contribution in [-0.2, 0) is 9.59 Å². The number of carbonyl (C=O) groups excluding carboxylic acids is 2. The Kier molecular flexibility index (Phi) is 6.67. The van der Waals surface area contributed by atoms with E-state index in [2.05, 4.69) is 10.3 Å². The zero-order valence-corrected chi connectivity index (χ0v) is 19.5. The van der Waals surface area contributed by atoms with E-state index < -0.39 is 11.9 Å². The lowest BCUT2D eigenvalue weighted by Crippen LogP contribution is -2.42. The van der Waals surface area contributed by atoms with Crippen LogP contribution in [0.3, 0.4) is 0 Å². The maximum Gasteiger partial charge on any atom is 0.252 e. The second-order valence-corrected chi connectivity index (χ2v) is 8.37. The molecule has 1 unspecified atom stereocenters. The predicted octanol–water partition coefficient (Wildman–Crippen LogP) is 5.21. The predicted molar refractivity (Wildman–Crippen MR) is 132 cm³/mol. The minimum atomic E-state index is -0.695. The second kappa shape index (κ2) is 9.65. The molecule has 0 spiro atoms. The fourth-order valence-electron chi connectivity index (χ4n) is 3.70. The Morgan fingerprint density at radius 3 is 2.48 bits per heavy atom. The molecule has 0 saturated carbocycles. The molecular formula is C25H21Cl2N3O3. The van der Waals surface area contributed by atoms with Crippen molar-refractivity contribution in [1.82, 2.24) is 0 Å². The van der Waals surface area contributed by atoms with Gasteiger partial charge in [0, 0.05) is 21.2 Å². The fraction of sp³-hybridized carbons (Fsp3) is 0.160. The van der Waals surface area contributed by atoms with Gasteiger partial charge in [0.1, 0.15) is 18.3 Å². The fourth-order valence-corrected chi connectivity index (χ4v) is 4.04. The van der Waals surface area contributed by atoms with Crippen LogP contribution < -0.4 is 15.0 Å².